The quantitative estimate of drug-likeness (QED) is 0.876. The SMILES string of the molecule is CC(N)(Cc1sccc1Br)c1ccc(Cl)cc1. The maximum absolute atomic E-state index is 6.39. The summed E-state index contributed by atoms with van der Waals surface area (Å²) in [5.41, 5.74) is 7.11. The van der Waals surface area contributed by atoms with Crippen molar-refractivity contribution >= 4 is 38.9 Å². The van der Waals surface area contributed by atoms with Gasteiger partial charge in [0.1, 0.15) is 0 Å². The normalized spacial score (nSPS) is 14.6. The summed E-state index contributed by atoms with van der Waals surface area (Å²) in [5, 5.41) is 2.80. The van der Waals surface area contributed by atoms with E-state index in [0.717, 1.165) is 21.5 Å². The molecule has 0 spiro atoms. The molecule has 2 rings (SSSR count). The van der Waals surface area contributed by atoms with Crippen molar-refractivity contribution in [1.29, 1.82) is 0 Å². The Balaban J connectivity index is 2.24. The standard InChI is InChI=1S/C13H13BrClNS/c1-13(16,8-12-11(14)6-7-17-12)9-2-4-10(15)5-3-9/h2-7H,8,16H2,1H3. The van der Waals surface area contributed by atoms with Crippen molar-refractivity contribution in [3.63, 3.8) is 0 Å². The first-order valence-electron chi connectivity index (χ1n) is 5.26. The third kappa shape index (κ3) is 3.10. The van der Waals surface area contributed by atoms with Crippen LogP contribution in [0.1, 0.15) is 17.4 Å². The van der Waals surface area contributed by atoms with Crippen LogP contribution in [0.3, 0.4) is 0 Å². The van der Waals surface area contributed by atoms with E-state index in [1.807, 2.05) is 31.2 Å². The van der Waals surface area contributed by atoms with E-state index >= 15 is 0 Å². The van der Waals surface area contributed by atoms with Crippen molar-refractivity contribution in [2.75, 3.05) is 0 Å². The monoisotopic (exact) mass is 329 g/mol. The predicted octanol–water partition coefficient (Wildman–Crippen LogP) is 4.58. The predicted molar refractivity (Wildman–Crippen MR) is 78.7 cm³/mol. The lowest BCUT2D eigenvalue weighted by molar-refractivity contribution is 0.495. The molecule has 0 saturated heterocycles. The van der Waals surface area contributed by atoms with E-state index in [0.29, 0.717) is 0 Å². The summed E-state index contributed by atoms with van der Waals surface area (Å²) in [6.07, 6.45) is 0.812. The first-order chi connectivity index (χ1) is 7.99. The molecule has 1 atom stereocenters. The first kappa shape index (κ1) is 13.1. The van der Waals surface area contributed by atoms with E-state index in [-0.39, 0.29) is 5.54 Å². The van der Waals surface area contributed by atoms with Gasteiger partial charge in [0.2, 0.25) is 0 Å². The van der Waals surface area contributed by atoms with E-state index in [9.17, 15) is 0 Å². The van der Waals surface area contributed by atoms with Gasteiger partial charge < -0.3 is 5.73 Å². The minimum atomic E-state index is -0.377. The molecule has 1 unspecified atom stereocenters. The van der Waals surface area contributed by atoms with Crippen LogP contribution in [-0.2, 0) is 12.0 Å². The summed E-state index contributed by atoms with van der Waals surface area (Å²) < 4.78 is 1.13. The van der Waals surface area contributed by atoms with Gasteiger partial charge >= 0.3 is 0 Å². The van der Waals surface area contributed by atoms with Crippen molar-refractivity contribution in [2.24, 2.45) is 5.73 Å². The molecule has 0 bridgehead atoms. The topological polar surface area (TPSA) is 26.0 Å². The van der Waals surface area contributed by atoms with Crippen molar-refractivity contribution in [1.82, 2.24) is 0 Å². The molecule has 0 fully saturated rings. The lowest BCUT2D eigenvalue weighted by Gasteiger charge is -2.25. The van der Waals surface area contributed by atoms with Gasteiger partial charge in [0.25, 0.3) is 0 Å². The highest BCUT2D eigenvalue weighted by atomic mass is 79.9. The van der Waals surface area contributed by atoms with Gasteiger partial charge in [0, 0.05) is 26.3 Å². The van der Waals surface area contributed by atoms with Crippen molar-refractivity contribution < 1.29 is 0 Å². The van der Waals surface area contributed by atoms with Gasteiger partial charge in [-0.2, -0.15) is 0 Å². The summed E-state index contributed by atoms with van der Waals surface area (Å²) in [6, 6.07) is 9.79. The van der Waals surface area contributed by atoms with Crippen LogP contribution in [0.4, 0.5) is 0 Å². The molecule has 0 amide bonds. The highest BCUT2D eigenvalue weighted by molar-refractivity contribution is 9.10. The molecule has 0 aliphatic rings. The molecule has 2 N–H and O–H groups in total. The van der Waals surface area contributed by atoms with Gasteiger partial charge in [0.15, 0.2) is 0 Å². The van der Waals surface area contributed by atoms with Gasteiger partial charge in [0.05, 0.1) is 0 Å². The molecule has 1 aromatic carbocycles. The van der Waals surface area contributed by atoms with Crippen molar-refractivity contribution in [3.05, 3.63) is 55.6 Å². The molecule has 90 valence electrons. The molecule has 0 radical (unpaired) electrons. The number of thiophene rings is 1. The minimum absolute atomic E-state index is 0.377. The summed E-state index contributed by atoms with van der Waals surface area (Å²) in [6.45, 7) is 2.04. The Bertz CT molecular complexity index is 504. The fourth-order valence-corrected chi connectivity index (χ4v) is 3.50. The third-order valence-electron chi connectivity index (χ3n) is 2.72. The van der Waals surface area contributed by atoms with E-state index in [4.69, 9.17) is 17.3 Å². The van der Waals surface area contributed by atoms with Crippen LogP contribution in [0.15, 0.2) is 40.2 Å². The summed E-state index contributed by atoms with van der Waals surface area (Å²) in [5.74, 6) is 0. The second kappa shape index (κ2) is 5.11. The Morgan fingerprint density at radius 1 is 1.29 bits per heavy atom. The third-order valence-corrected chi connectivity index (χ3v) is 4.90. The number of nitrogens with two attached hydrogens (primary N) is 1. The molecule has 1 aromatic heterocycles. The van der Waals surface area contributed by atoms with E-state index < -0.39 is 0 Å². The smallest absolute Gasteiger partial charge is 0.0430 e. The number of halogens is 2. The maximum atomic E-state index is 6.39. The zero-order chi connectivity index (χ0) is 12.5. The lowest BCUT2D eigenvalue weighted by atomic mass is 9.89. The molecule has 1 heterocycles. The zero-order valence-electron chi connectivity index (χ0n) is 9.41. The van der Waals surface area contributed by atoms with Crippen LogP contribution in [-0.4, -0.2) is 0 Å². The Hall–Kier alpha value is -0.350. The highest BCUT2D eigenvalue weighted by Crippen LogP contribution is 2.30. The Morgan fingerprint density at radius 3 is 2.47 bits per heavy atom. The second-order valence-electron chi connectivity index (χ2n) is 4.29. The lowest BCUT2D eigenvalue weighted by Crippen LogP contribution is -2.35. The van der Waals surface area contributed by atoms with Crippen LogP contribution in [0, 0.1) is 0 Å². The molecule has 0 saturated carbocycles. The highest BCUT2D eigenvalue weighted by Gasteiger charge is 2.23. The van der Waals surface area contributed by atoms with Gasteiger partial charge in [-0.15, -0.1) is 11.3 Å². The van der Waals surface area contributed by atoms with E-state index in [1.165, 1.54) is 4.88 Å². The number of hydrogen-bond acceptors (Lipinski definition) is 2. The van der Waals surface area contributed by atoms with Crippen molar-refractivity contribution in [3.8, 4) is 0 Å². The van der Waals surface area contributed by atoms with Gasteiger partial charge in [-0.05, 0) is 52.0 Å². The van der Waals surface area contributed by atoms with Gasteiger partial charge in [-0.1, -0.05) is 23.7 Å². The Kier molecular flexibility index (Phi) is 3.93. The minimum Gasteiger partial charge on any atom is -0.321 e. The fourth-order valence-electron chi connectivity index (χ4n) is 1.72. The van der Waals surface area contributed by atoms with Crippen LogP contribution < -0.4 is 5.73 Å². The maximum Gasteiger partial charge on any atom is 0.0430 e. The molecule has 0 aliphatic heterocycles. The van der Waals surface area contributed by atoms with Crippen molar-refractivity contribution in [2.45, 2.75) is 18.9 Å². The van der Waals surface area contributed by atoms with E-state index in [2.05, 4.69) is 27.4 Å². The van der Waals surface area contributed by atoms with Crippen LogP contribution in [0.25, 0.3) is 0 Å². The number of benzene rings is 1. The zero-order valence-corrected chi connectivity index (χ0v) is 12.6. The molecule has 17 heavy (non-hydrogen) atoms. The van der Waals surface area contributed by atoms with Crippen LogP contribution >= 0.6 is 38.9 Å². The Labute approximate surface area is 119 Å². The van der Waals surface area contributed by atoms with Gasteiger partial charge in [-0.25, -0.2) is 0 Å². The average molecular weight is 331 g/mol. The Morgan fingerprint density at radius 2 is 1.94 bits per heavy atom. The van der Waals surface area contributed by atoms with Crippen LogP contribution in [0.2, 0.25) is 5.02 Å². The molecule has 2 aromatic rings. The first-order valence-corrected chi connectivity index (χ1v) is 7.31. The summed E-state index contributed by atoms with van der Waals surface area (Å²) in [4.78, 5) is 1.27. The molecule has 4 heteroatoms. The molecule has 1 nitrogen and oxygen atoms in total. The van der Waals surface area contributed by atoms with Gasteiger partial charge in [-0.3, -0.25) is 0 Å². The summed E-state index contributed by atoms with van der Waals surface area (Å²) in [7, 11) is 0. The molecule has 0 aliphatic carbocycles. The number of rotatable bonds is 3. The summed E-state index contributed by atoms with van der Waals surface area (Å²) >= 11 is 11.1. The fraction of sp³-hybridized carbons (Fsp3) is 0.231. The second-order valence-corrected chi connectivity index (χ2v) is 6.58. The molecular weight excluding hydrogens is 318 g/mol. The number of hydrogen-bond donors (Lipinski definition) is 1. The molecular formula is C13H13BrClNS. The van der Waals surface area contributed by atoms with E-state index in [1.54, 1.807) is 11.3 Å². The average Bonchev–Trinajstić information content (AvgIpc) is 2.64. The largest absolute Gasteiger partial charge is 0.321 e. The van der Waals surface area contributed by atoms with Crippen LogP contribution in [0.5, 0.6) is 0 Å².